The van der Waals surface area contributed by atoms with E-state index < -0.39 is 10.0 Å². The van der Waals surface area contributed by atoms with Crippen LogP contribution in [0.15, 0.2) is 48.5 Å². The van der Waals surface area contributed by atoms with Gasteiger partial charge < -0.3 is 14.8 Å². The van der Waals surface area contributed by atoms with E-state index in [2.05, 4.69) is 12.2 Å². The molecule has 0 unspecified atom stereocenters. The maximum Gasteiger partial charge on any atom is 0.232 e. The SMILES string of the molecule is CCCOc1ccccc1CCCNC(=O)CCCN(c1ccc(OC)cc1)S(C)(=O)=O. The first-order chi connectivity index (χ1) is 15.3. The summed E-state index contributed by atoms with van der Waals surface area (Å²) in [4.78, 5) is 12.2. The number of rotatable bonds is 14. The minimum atomic E-state index is -3.45. The number of methoxy groups -OCH3 is 1. The normalized spacial score (nSPS) is 11.1. The number of nitrogens with zero attached hydrogens (tertiary/aromatic N) is 1. The van der Waals surface area contributed by atoms with E-state index in [0.717, 1.165) is 30.6 Å². The van der Waals surface area contributed by atoms with E-state index in [4.69, 9.17) is 9.47 Å². The van der Waals surface area contributed by atoms with Crippen molar-refractivity contribution < 1.29 is 22.7 Å². The Morgan fingerprint density at radius 2 is 1.78 bits per heavy atom. The molecule has 0 bridgehead atoms. The van der Waals surface area contributed by atoms with Gasteiger partial charge in [-0.3, -0.25) is 9.10 Å². The molecule has 0 aromatic heterocycles. The molecule has 0 aliphatic rings. The second-order valence-corrected chi connectivity index (χ2v) is 9.45. The monoisotopic (exact) mass is 462 g/mol. The van der Waals surface area contributed by atoms with Crippen LogP contribution in [0.3, 0.4) is 0 Å². The molecular formula is C24H34N2O5S. The molecule has 0 aliphatic carbocycles. The molecule has 1 amide bonds. The number of aryl methyl sites for hydroxylation is 1. The van der Waals surface area contributed by atoms with Gasteiger partial charge in [0.2, 0.25) is 15.9 Å². The van der Waals surface area contributed by atoms with Gasteiger partial charge in [0.05, 0.1) is 25.7 Å². The Labute approximate surface area is 191 Å². The molecule has 0 saturated heterocycles. The summed E-state index contributed by atoms with van der Waals surface area (Å²) < 4.78 is 36.6. The molecule has 0 heterocycles. The van der Waals surface area contributed by atoms with Gasteiger partial charge in [-0.1, -0.05) is 25.1 Å². The van der Waals surface area contributed by atoms with Crippen LogP contribution in [0, 0.1) is 0 Å². The van der Waals surface area contributed by atoms with E-state index in [0.29, 0.717) is 31.0 Å². The van der Waals surface area contributed by atoms with Crippen LogP contribution in [-0.2, 0) is 21.2 Å². The van der Waals surface area contributed by atoms with Crippen molar-refractivity contribution in [2.75, 3.05) is 37.4 Å². The first kappa shape index (κ1) is 25.5. The minimum Gasteiger partial charge on any atom is -0.497 e. The number of para-hydroxylation sites is 1. The summed E-state index contributed by atoms with van der Waals surface area (Å²) in [5.41, 5.74) is 1.69. The maximum absolute atomic E-state index is 12.2. The van der Waals surface area contributed by atoms with E-state index in [-0.39, 0.29) is 18.9 Å². The summed E-state index contributed by atoms with van der Waals surface area (Å²) in [7, 11) is -1.89. The highest BCUT2D eigenvalue weighted by Crippen LogP contribution is 2.22. The van der Waals surface area contributed by atoms with E-state index in [9.17, 15) is 13.2 Å². The molecule has 0 radical (unpaired) electrons. The molecule has 176 valence electrons. The van der Waals surface area contributed by atoms with E-state index in [1.165, 1.54) is 10.6 Å². The van der Waals surface area contributed by atoms with Gasteiger partial charge in [-0.2, -0.15) is 0 Å². The molecule has 7 nitrogen and oxygen atoms in total. The van der Waals surface area contributed by atoms with Crippen LogP contribution in [0.4, 0.5) is 5.69 Å². The fourth-order valence-electron chi connectivity index (χ4n) is 3.28. The Morgan fingerprint density at radius 1 is 1.06 bits per heavy atom. The van der Waals surface area contributed by atoms with Crippen LogP contribution in [0.1, 0.15) is 38.2 Å². The predicted molar refractivity (Wildman–Crippen MR) is 128 cm³/mol. The number of carbonyl (C=O) groups excluding carboxylic acids is 1. The quantitative estimate of drug-likeness (QED) is 0.432. The van der Waals surface area contributed by atoms with Crippen molar-refractivity contribution in [1.29, 1.82) is 0 Å². The largest absolute Gasteiger partial charge is 0.497 e. The lowest BCUT2D eigenvalue weighted by molar-refractivity contribution is -0.121. The second-order valence-electron chi connectivity index (χ2n) is 7.55. The molecule has 0 atom stereocenters. The number of benzene rings is 2. The number of sulfonamides is 1. The zero-order valence-electron chi connectivity index (χ0n) is 19.2. The topological polar surface area (TPSA) is 84.9 Å². The average Bonchev–Trinajstić information content (AvgIpc) is 2.78. The zero-order chi connectivity index (χ0) is 23.4. The van der Waals surface area contributed by atoms with Gasteiger partial charge in [0.15, 0.2) is 0 Å². The zero-order valence-corrected chi connectivity index (χ0v) is 20.0. The predicted octanol–water partition coefficient (Wildman–Crippen LogP) is 3.78. The van der Waals surface area contributed by atoms with E-state index >= 15 is 0 Å². The average molecular weight is 463 g/mol. The number of anilines is 1. The first-order valence-electron chi connectivity index (χ1n) is 10.9. The molecule has 0 fully saturated rings. The third-order valence-electron chi connectivity index (χ3n) is 4.91. The Bertz CT molecular complexity index is 945. The Balaban J connectivity index is 1.76. The third kappa shape index (κ3) is 8.42. The van der Waals surface area contributed by atoms with Gasteiger partial charge in [0.25, 0.3) is 0 Å². The van der Waals surface area contributed by atoms with Gasteiger partial charge in [-0.15, -0.1) is 0 Å². The van der Waals surface area contributed by atoms with Crippen LogP contribution in [0.2, 0.25) is 0 Å². The van der Waals surface area contributed by atoms with Crippen molar-refractivity contribution in [3.8, 4) is 11.5 Å². The number of amides is 1. The van der Waals surface area contributed by atoms with Gasteiger partial charge >= 0.3 is 0 Å². The number of hydrogen-bond acceptors (Lipinski definition) is 5. The molecule has 0 spiro atoms. The lowest BCUT2D eigenvalue weighted by Crippen LogP contribution is -2.32. The molecule has 32 heavy (non-hydrogen) atoms. The fraction of sp³-hybridized carbons (Fsp3) is 0.458. The van der Waals surface area contributed by atoms with E-state index in [1.54, 1.807) is 31.4 Å². The summed E-state index contributed by atoms with van der Waals surface area (Å²) in [6.45, 7) is 3.56. The first-order valence-corrected chi connectivity index (χ1v) is 12.8. The second kappa shape index (κ2) is 13.0. The summed E-state index contributed by atoms with van der Waals surface area (Å²) >= 11 is 0. The minimum absolute atomic E-state index is 0.0799. The third-order valence-corrected chi connectivity index (χ3v) is 6.10. The van der Waals surface area contributed by atoms with Crippen LogP contribution < -0.4 is 19.1 Å². The van der Waals surface area contributed by atoms with Crippen LogP contribution in [0.5, 0.6) is 11.5 Å². The number of hydrogen-bond donors (Lipinski definition) is 1. The van der Waals surface area contributed by atoms with Crippen molar-refractivity contribution in [3.63, 3.8) is 0 Å². The van der Waals surface area contributed by atoms with Gasteiger partial charge in [0, 0.05) is 19.5 Å². The van der Waals surface area contributed by atoms with Crippen LogP contribution in [-0.4, -0.2) is 47.4 Å². The Morgan fingerprint density at radius 3 is 2.44 bits per heavy atom. The molecule has 0 aliphatic heterocycles. The molecule has 2 aromatic carbocycles. The summed E-state index contributed by atoms with van der Waals surface area (Å²) in [5, 5.41) is 2.92. The molecule has 2 rings (SSSR count). The number of carbonyl (C=O) groups is 1. The number of ether oxygens (including phenoxy) is 2. The fourth-order valence-corrected chi connectivity index (χ4v) is 4.24. The smallest absolute Gasteiger partial charge is 0.232 e. The maximum atomic E-state index is 12.2. The lowest BCUT2D eigenvalue weighted by Gasteiger charge is -2.22. The van der Waals surface area contributed by atoms with Crippen molar-refractivity contribution >= 4 is 21.6 Å². The molecule has 2 aromatic rings. The van der Waals surface area contributed by atoms with Crippen molar-refractivity contribution in [1.82, 2.24) is 5.32 Å². The van der Waals surface area contributed by atoms with Crippen molar-refractivity contribution in [2.24, 2.45) is 0 Å². The summed E-state index contributed by atoms with van der Waals surface area (Å²) in [5.74, 6) is 1.48. The van der Waals surface area contributed by atoms with E-state index in [1.807, 2.05) is 24.3 Å². The summed E-state index contributed by atoms with van der Waals surface area (Å²) in [6, 6.07) is 14.8. The standard InChI is InChI=1S/C24H34N2O5S/c1-4-19-31-23-11-6-5-9-20(23)10-7-17-25-24(27)12-8-18-26(32(3,28)29)21-13-15-22(30-2)16-14-21/h5-6,9,11,13-16H,4,7-8,10,12,17-19H2,1-3H3,(H,25,27). The molecule has 8 heteroatoms. The lowest BCUT2D eigenvalue weighted by atomic mass is 10.1. The van der Waals surface area contributed by atoms with Gasteiger partial charge in [-0.25, -0.2) is 8.42 Å². The van der Waals surface area contributed by atoms with Gasteiger partial charge in [0.1, 0.15) is 11.5 Å². The highest BCUT2D eigenvalue weighted by molar-refractivity contribution is 7.92. The van der Waals surface area contributed by atoms with Crippen LogP contribution in [0.25, 0.3) is 0 Å². The Hall–Kier alpha value is -2.74. The van der Waals surface area contributed by atoms with Gasteiger partial charge in [-0.05, 0) is 61.6 Å². The van der Waals surface area contributed by atoms with Crippen LogP contribution >= 0.6 is 0 Å². The van der Waals surface area contributed by atoms with Crippen molar-refractivity contribution in [2.45, 2.75) is 39.0 Å². The highest BCUT2D eigenvalue weighted by atomic mass is 32.2. The summed E-state index contributed by atoms with van der Waals surface area (Å²) in [6.07, 6.45) is 4.44. The van der Waals surface area contributed by atoms with Crippen molar-refractivity contribution in [3.05, 3.63) is 54.1 Å². The highest BCUT2D eigenvalue weighted by Gasteiger charge is 2.17. The molecule has 0 saturated carbocycles. The number of nitrogens with one attached hydrogen (secondary N) is 1. The Kier molecular flexibility index (Phi) is 10.3. The molecule has 1 N–H and O–H groups in total. The molecular weight excluding hydrogens is 428 g/mol.